The number of hydrogen-bond acceptors (Lipinski definition) is 3. The van der Waals surface area contributed by atoms with Gasteiger partial charge in [0.25, 0.3) is 0 Å². The van der Waals surface area contributed by atoms with Crippen molar-refractivity contribution in [2.24, 2.45) is 0 Å². The zero-order valence-corrected chi connectivity index (χ0v) is 11.4. The smallest absolute Gasteiger partial charge is 0.0597 e. The average Bonchev–Trinajstić information content (AvgIpc) is 2.37. The fourth-order valence-corrected chi connectivity index (χ4v) is 2.66. The summed E-state index contributed by atoms with van der Waals surface area (Å²) in [6.45, 7) is 7.46. The molecule has 2 N–H and O–H groups in total. The molecule has 1 aliphatic rings. The molecule has 1 heterocycles. The topological polar surface area (TPSA) is 35.5 Å². The maximum Gasteiger partial charge on any atom is 0.0597 e. The molecule has 1 atom stereocenters. The lowest BCUT2D eigenvalue weighted by molar-refractivity contribution is 0.167. The number of nitrogens with one attached hydrogen (secondary N) is 1. The van der Waals surface area contributed by atoms with Crippen LogP contribution in [0.4, 0.5) is 0 Å². The molecule has 0 saturated heterocycles. The molecule has 0 amide bonds. The minimum absolute atomic E-state index is 0.176. The van der Waals surface area contributed by atoms with Gasteiger partial charge in [-0.15, -0.1) is 0 Å². The highest BCUT2D eigenvalue weighted by Gasteiger charge is 2.19. The number of hydrogen-bond donors (Lipinski definition) is 2. The second-order valence-electron chi connectivity index (χ2n) is 5.45. The van der Waals surface area contributed by atoms with Gasteiger partial charge in [0, 0.05) is 31.7 Å². The minimum Gasteiger partial charge on any atom is -0.395 e. The van der Waals surface area contributed by atoms with Crippen LogP contribution in [0.5, 0.6) is 0 Å². The summed E-state index contributed by atoms with van der Waals surface area (Å²) >= 11 is 0. The van der Waals surface area contributed by atoms with Crippen LogP contribution < -0.4 is 5.32 Å². The molecule has 0 bridgehead atoms. The molecule has 0 saturated carbocycles. The van der Waals surface area contributed by atoms with Crippen molar-refractivity contribution in [1.82, 2.24) is 10.2 Å². The van der Waals surface area contributed by atoms with Crippen molar-refractivity contribution in [3.63, 3.8) is 0 Å². The van der Waals surface area contributed by atoms with E-state index in [4.69, 9.17) is 0 Å². The SMILES string of the molecule is CC(C)NC(CO)CN1CCc2ccccc2C1. The number of nitrogens with zero attached hydrogens (tertiary/aromatic N) is 1. The van der Waals surface area contributed by atoms with Gasteiger partial charge in [-0.1, -0.05) is 38.1 Å². The van der Waals surface area contributed by atoms with Crippen LogP contribution in [0.15, 0.2) is 24.3 Å². The molecular weight excluding hydrogens is 224 g/mol. The molecule has 0 spiro atoms. The summed E-state index contributed by atoms with van der Waals surface area (Å²) in [4.78, 5) is 2.43. The zero-order chi connectivity index (χ0) is 13.0. The Hall–Kier alpha value is -0.900. The highest BCUT2D eigenvalue weighted by Crippen LogP contribution is 2.18. The molecule has 1 aliphatic heterocycles. The molecule has 1 unspecified atom stereocenters. The summed E-state index contributed by atoms with van der Waals surface area (Å²) in [6.07, 6.45) is 1.12. The second kappa shape index (κ2) is 6.32. The van der Waals surface area contributed by atoms with E-state index in [1.165, 1.54) is 11.1 Å². The van der Waals surface area contributed by atoms with E-state index in [0.29, 0.717) is 6.04 Å². The van der Waals surface area contributed by atoms with Crippen molar-refractivity contribution in [2.75, 3.05) is 19.7 Å². The lowest BCUT2D eigenvalue weighted by Crippen LogP contribution is -2.47. The zero-order valence-electron chi connectivity index (χ0n) is 11.4. The highest BCUT2D eigenvalue weighted by molar-refractivity contribution is 5.29. The van der Waals surface area contributed by atoms with E-state index in [9.17, 15) is 5.11 Å². The van der Waals surface area contributed by atoms with Crippen LogP contribution in [-0.2, 0) is 13.0 Å². The summed E-state index contributed by atoms with van der Waals surface area (Å²) in [5.41, 5.74) is 2.91. The molecular formula is C15H24N2O. The first-order valence-corrected chi connectivity index (χ1v) is 6.85. The van der Waals surface area contributed by atoms with Crippen LogP contribution in [0, 0.1) is 0 Å². The second-order valence-corrected chi connectivity index (χ2v) is 5.45. The van der Waals surface area contributed by atoms with Crippen LogP contribution in [0.25, 0.3) is 0 Å². The molecule has 100 valence electrons. The van der Waals surface area contributed by atoms with Gasteiger partial charge < -0.3 is 10.4 Å². The summed E-state index contributed by atoms with van der Waals surface area (Å²) in [5, 5.41) is 12.8. The monoisotopic (exact) mass is 248 g/mol. The Bertz CT molecular complexity index is 379. The molecule has 2 rings (SSSR count). The molecule has 1 aromatic carbocycles. The number of aliphatic hydroxyl groups excluding tert-OH is 1. The first-order valence-electron chi connectivity index (χ1n) is 6.85. The van der Waals surface area contributed by atoms with E-state index < -0.39 is 0 Å². The molecule has 3 nitrogen and oxygen atoms in total. The first-order chi connectivity index (χ1) is 8.69. The van der Waals surface area contributed by atoms with Crippen LogP contribution >= 0.6 is 0 Å². The van der Waals surface area contributed by atoms with Gasteiger partial charge in [-0.2, -0.15) is 0 Å². The Morgan fingerprint density at radius 3 is 2.67 bits per heavy atom. The Kier molecular flexibility index (Phi) is 4.75. The first kappa shape index (κ1) is 13.5. The van der Waals surface area contributed by atoms with Gasteiger partial charge >= 0.3 is 0 Å². The fraction of sp³-hybridized carbons (Fsp3) is 0.600. The lowest BCUT2D eigenvalue weighted by Gasteiger charge is -2.32. The molecule has 0 fully saturated rings. The summed E-state index contributed by atoms with van der Waals surface area (Å²) in [7, 11) is 0. The minimum atomic E-state index is 0.176. The van der Waals surface area contributed by atoms with Crippen LogP contribution in [0.1, 0.15) is 25.0 Å². The number of rotatable bonds is 5. The normalized spacial score (nSPS) is 17.8. The van der Waals surface area contributed by atoms with Gasteiger partial charge in [0.15, 0.2) is 0 Å². The molecule has 3 heteroatoms. The largest absolute Gasteiger partial charge is 0.395 e. The number of benzene rings is 1. The molecule has 0 radical (unpaired) electrons. The summed E-state index contributed by atoms with van der Waals surface area (Å²) in [5.74, 6) is 0. The van der Waals surface area contributed by atoms with E-state index in [1.54, 1.807) is 0 Å². The van der Waals surface area contributed by atoms with Gasteiger partial charge in [-0.05, 0) is 17.5 Å². The molecule has 1 aromatic rings. The van der Waals surface area contributed by atoms with Crippen LogP contribution in [0.3, 0.4) is 0 Å². The van der Waals surface area contributed by atoms with Crippen molar-refractivity contribution in [1.29, 1.82) is 0 Å². The Morgan fingerprint density at radius 2 is 2.00 bits per heavy atom. The van der Waals surface area contributed by atoms with Crippen molar-refractivity contribution >= 4 is 0 Å². The van der Waals surface area contributed by atoms with Crippen molar-refractivity contribution < 1.29 is 5.11 Å². The summed E-state index contributed by atoms with van der Waals surface area (Å²) < 4.78 is 0. The average molecular weight is 248 g/mol. The van der Waals surface area contributed by atoms with E-state index in [2.05, 4.69) is 48.3 Å². The maximum absolute atomic E-state index is 9.41. The predicted octanol–water partition coefficient (Wildman–Crippen LogP) is 1.40. The van der Waals surface area contributed by atoms with Gasteiger partial charge in [0.2, 0.25) is 0 Å². The standard InChI is InChI=1S/C15H24N2O/c1-12(2)16-15(11-18)10-17-8-7-13-5-3-4-6-14(13)9-17/h3-6,12,15-16,18H,7-11H2,1-2H3. The third-order valence-electron chi connectivity index (χ3n) is 3.48. The lowest BCUT2D eigenvalue weighted by atomic mass is 9.99. The maximum atomic E-state index is 9.41. The molecule has 18 heavy (non-hydrogen) atoms. The van der Waals surface area contributed by atoms with E-state index in [0.717, 1.165) is 26.1 Å². The Labute approximate surface area is 110 Å². The van der Waals surface area contributed by atoms with Crippen molar-refractivity contribution in [3.8, 4) is 0 Å². The van der Waals surface area contributed by atoms with Crippen LogP contribution in [-0.4, -0.2) is 41.8 Å². The fourth-order valence-electron chi connectivity index (χ4n) is 2.66. The molecule has 0 aliphatic carbocycles. The molecule has 0 aromatic heterocycles. The highest BCUT2D eigenvalue weighted by atomic mass is 16.3. The number of fused-ring (bicyclic) bond motifs is 1. The number of aliphatic hydroxyl groups is 1. The van der Waals surface area contributed by atoms with Gasteiger partial charge in [-0.25, -0.2) is 0 Å². The van der Waals surface area contributed by atoms with Crippen LogP contribution in [0.2, 0.25) is 0 Å². The quantitative estimate of drug-likeness (QED) is 0.827. The van der Waals surface area contributed by atoms with E-state index >= 15 is 0 Å². The van der Waals surface area contributed by atoms with Gasteiger partial charge in [0.1, 0.15) is 0 Å². The third kappa shape index (κ3) is 3.55. The third-order valence-corrected chi connectivity index (χ3v) is 3.48. The predicted molar refractivity (Wildman–Crippen MR) is 74.6 cm³/mol. The Morgan fingerprint density at radius 1 is 1.28 bits per heavy atom. The van der Waals surface area contributed by atoms with E-state index in [1.807, 2.05) is 0 Å². The van der Waals surface area contributed by atoms with Crippen molar-refractivity contribution in [3.05, 3.63) is 35.4 Å². The van der Waals surface area contributed by atoms with Gasteiger partial charge in [-0.3, -0.25) is 4.90 Å². The van der Waals surface area contributed by atoms with E-state index in [-0.39, 0.29) is 12.6 Å². The van der Waals surface area contributed by atoms with Crippen molar-refractivity contribution in [2.45, 2.75) is 38.9 Å². The van der Waals surface area contributed by atoms with Gasteiger partial charge in [0.05, 0.1) is 6.61 Å². The summed E-state index contributed by atoms with van der Waals surface area (Å²) in [6, 6.07) is 9.26. The Balaban J connectivity index is 1.92.